The van der Waals surface area contributed by atoms with Crippen molar-refractivity contribution in [2.24, 2.45) is 0 Å². The maximum Gasteiger partial charge on any atom is 0.295 e. The molecule has 1 aromatic heterocycles. The van der Waals surface area contributed by atoms with Crippen LogP contribution in [0.1, 0.15) is 29.8 Å². The number of hydrogen-bond donors (Lipinski definition) is 1. The monoisotopic (exact) mass is 448 g/mol. The van der Waals surface area contributed by atoms with Crippen molar-refractivity contribution in [3.05, 3.63) is 56.7 Å². The first-order chi connectivity index (χ1) is 14.3. The van der Waals surface area contributed by atoms with Gasteiger partial charge in [0.2, 0.25) is 0 Å². The lowest BCUT2D eigenvalue weighted by atomic mass is 9.99. The fourth-order valence-corrected chi connectivity index (χ4v) is 4.57. The van der Waals surface area contributed by atoms with Crippen LogP contribution < -0.4 is 4.74 Å². The third kappa shape index (κ3) is 4.53. The van der Waals surface area contributed by atoms with Crippen LogP contribution in [0.2, 0.25) is 5.02 Å². The number of aliphatic hydroxyl groups excluding tert-OH is 1. The SMILES string of the molecule is CCOc1ccc(/C(O)=C2\C(=O)C(=O)N(CCCN(C)C)C2c2cccs2)cc1Cl. The quantitative estimate of drug-likeness (QED) is 0.373. The summed E-state index contributed by atoms with van der Waals surface area (Å²) in [5.41, 5.74) is 0.462. The predicted molar refractivity (Wildman–Crippen MR) is 119 cm³/mol. The van der Waals surface area contributed by atoms with E-state index in [0.29, 0.717) is 29.5 Å². The molecule has 1 saturated heterocycles. The Balaban J connectivity index is 2.03. The molecule has 0 bridgehead atoms. The summed E-state index contributed by atoms with van der Waals surface area (Å²) >= 11 is 7.71. The third-order valence-electron chi connectivity index (χ3n) is 4.86. The minimum atomic E-state index is -0.680. The van der Waals surface area contributed by atoms with E-state index < -0.39 is 17.7 Å². The summed E-state index contributed by atoms with van der Waals surface area (Å²) in [6, 6.07) is 7.96. The van der Waals surface area contributed by atoms with Gasteiger partial charge in [-0.1, -0.05) is 17.7 Å². The second-order valence-electron chi connectivity index (χ2n) is 7.24. The molecule has 2 aromatic rings. The van der Waals surface area contributed by atoms with Gasteiger partial charge in [0, 0.05) is 17.0 Å². The first kappa shape index (κ1) is 22.3. The number of benzene rings is 1. The van der Waals surface area contributed by atoms with Crippen LogP contribution in [-0.4, -0.2) is 60.4 Å². The normalized spacial score (nSPS) is 18.4. The second kappa shape index (κ2) is 9.64. The molecule has 8 heteroatoms. The zero-order valence-electron chi connectivity index (χ0n) is 17.2. The summed E-state index contributed by atoms with van der Waals surface area (Å²) in [6.45, 7) is 3.52. The molecule has 1 aromatic carbocycles. The van der Waals surface area contributed by atoms with Crippen LogP contribution in [0.25, 0.3) is 5.76 Å². The van der Waals surface area contributed by atoms with Gasteiger partial charge in [0.1, 0.15) is 11.5 Å². The summed E-state index contributed by atoms with van der Waals surface area (Å²) in [6.07, 6.45) is 0.719. The number of amides is 1. The lowest BCUT2D eigenvalue weighted by molar-refractivity contribution is -0.139. The van der Waals surface area contributed by atoms with E-state index in [0.717, 1.165) is 17.8 Å². The molecule has 1 atom stereocenters. The number of ketones is 1. The van der Waals surface area contributed by atoms with Crippen LogP contribution in [0, 0.1) is 0 Å². The Labute approximate surface area is 185 Å². The molecule has 1 aliphatic rings. The zero-order valence-corrected chi connectivity index (χ0v) is 18.8. The molecule has 0 aliphatic carbocycles. The van der Waals surface area contributed by atoms with Crippen molar-refractivity contribution in [2.75, 3.05) is 33.8 Å². The van der Waals surface area contributed by atoms with E-state index in [-0.39, 0.29) is 11.3 Å². The number of nitrogens with zero attached hydrogens (tertiary/aromatic N) is 2. The van der Waals surface area contributed by atoms with E-state index in [2.05, 4.69) is 0 Å². The van der Waals surface area contributed by atoms with Crippen LogP contribution in [0.5, 0.6) is 5.75 Å². The molecular weight excluding hydrogens is 424 g/mol. The molecule has 0 spiro atoms. The molecule has 0 radical (unpaired) electrons. The number of ether oxygens (including phenoxy) is 1. The Hall–Kier alpha value is -2.35. The summed E-state index contributed by atoms with van der Waals surface area (Å²) in [7, 11) is 3.92. The van der Waals surface area contributed by atoms with Crippen LogP contribution in [0.4, 0.5) is 0 Å². The highest BCUT2D eigenvalue weighted by Crippen LogP contribution is 2.41. The van der Waals surface area contributed by atoms with Gasteiger partial charge in [-0.3, -0.25) is 9.59 Å². The van der Waals surface area contributed by atoms with Gasteiger partial charge in [0.05, 0.1) is 23.2 Å². The molecule has 2 heterocycles. The largest absolute Gasteiger partial charge is 0.507 e. The van der Waals surface area contributed by atoms with E-state index in [9.17, 15) is 14.7 Å². The number of Topliss-reactive ketones (excluding diaryl/α,β-unsaturated/α-hetero) is 1. The van der Waals surface area contributed by atoms with Crippen LogP contribution in [-0.2, 0) is 9.59 Å². The van der Waals surface area contributed by atoms with Crippen molar-refractivity contribution >= 4 is 40.4 Å². The highest BCUT2D eigenvalue weighted by molar-refractivity contribution is 7.10. The van der Waals surface area contributed by atoms with Crippen molar-refractivity contribution in [3.63, 3.8) is 0 Å². The van der Waals surface area contributed by atoms with Gasteiger partial charge < -0.3 is 19.6 Å². The maximum absolute atomic E-state index is 12.9. The molecule has 1 fully saturated rings. The van der Waals surface area contributed by atoms with Crippen molar-refractivity contribution in [1.82, 2.24) is 9.80 Å². The number of likely N-dealkylation sites (tertiary alicyclic amines) is 1. The molecule has 1 unspecified atom stereocenters. The van der Waals surface area contributed by atoms with Gasteiger partial charge in [-0.2, -0.15) is 0 Å². The molecule has 3 rings (SSSR count). The summed E-state index contributed by atoms with van der Waals surface area (Å²) in [4.78, 5) is 30.1. The highest BCUT2D eigenvalue weighted by Gasteiger charge is 2.46. The molecular formula is C22H25ClN2O4S. The molecule has 160 valence electrons. The fraction of sp³-hybridized carbons (Fsp3) is 0.364. The minimum absolute atomic E-state index is 0.0903. The van der Waals surface area contributed by atoms with Gasteiger partial charge >= 0.3 is 0 Å². The third-order valence-corrected chi connectivity index (χ3v) is 6.08. The average Bonchev–Trinajstić information content (AvgIpc) is 3.31. The summed E-state index contributed by atoms with van der Waals surface area (Å²) in [5.74, 6) is -1.01. The number of aliphatic hydroxyl groups is 1. The van der Waals surface area contributed by atoms with Crippen LogP contribution >= 0.6 is 22.9 Å². The highest BCUT2D eigenvalue weighted by atomic mass is 35.5. The Morgan fingerprint density at radius 1 is 1.30 bits per heavy atom. The van der Waals surface area contributed by atoms with Crippen LogP contribution in [0.15, 0.2) is 41.3 Å². The van der Waals surface area contributed by atoms with Crippen molar-refractivity contribution in [3.8, 4) is 5.75 Å². The van der Waals surface area contributed by atoms with Gasteiger partial charge in [-0.15, -0.1) is 11.3 Å². The number of thiophene rings is 1. The van der Waals surface area contributed by atoms with Gasteiger partial charge in [-0.25, -0.2) is 0 Å². The molecule has 1 amide bonds. The van der Waals surface area contributed by atoms with Crippen molar-refractivity contribution < 1.29 is 19.4 Å². The standard InChI is InChI=1S/C22H25ClN2O4S/c1-4-29-16-9-8-14(13-15(16)23)20(26)18-19(17-7-5-12-30-17)25(22(28)21(18)27)11-6-10-24(2)3/h5,7-9,12-13,19,26H,4,6,10-11H2,1-3H3/b20-18+. The maximum atomic E-state index is 12.9. The Morgan fingerprint density at radius 2 is 2.07 bits per heavy atom. The Kier molecular flexibility index (Phi) is 7.18. The van der Waals surface area contributed by atoms with E-state index in [1.165, 1.54) is 11.3 Å². The fourth-order valence-electron chi connectivity index (χ4n) is 3.49. The van der Waals surface area contributed by atoms with E-state index >= 15 is 0 Å². The van der Waals surface area contributed by atoms with E-state index in [4.69, 9.17) is 16.3 Å². The van der Waals surface area contributed by atoms with Crippen LogP contribution in [0.3, 0.4) is 0 Å². The number of carbonyl (C=O) groups excluding carboxylic acids is 2. The van der Waals surface area contributed by atoms with E-state index in [1.54, 1.807) is 23.1 Å². The topological polar surface area (TPSA) is 70.1 Å². The average molecular weight is 449 g/mol. The molecule has 1 aliphatic heterocycles. The molecule has 30 heavy (non-hydrogen) atoms. The second-order valence-corrected chi connectivity index (χ2v) is 8.63. The Bertz CT molecular complexity index is 956. The number of halogens is 1. The summed E-state index contributed by atoms with van der Waals surface area (Å²) in [5, 5.41) is 13.3. The first-order valence-corrected chi connectivity index (χ1v) is 11.0. The zero-order chi connectivity index (χ0) is 21.8. The number of carbonyl (C=O) groups is 2. The molecule has 6 nitrogen and oxygen atoms in total. The van der Waals surface area contributed by atoms with Gasteiger partial charge in [0.15, 0.2) is 0 Å². The summed E-state index contributed by atoms with van der Waals surface area (Å²) < 4.78 is 5.43. The van der Waals surface area contributed by atoms with Crippen molar-refractivity contribution in [1.29, 1.82) is 0 Å². The van der Waals surface area contributed by atoms with Gasteiger partial charge in [-0.05, 0) is 63.6 Å². The smallest absolute Gasteiger partial charge is 0.295 e. The first-order valence-electron chi connectivity index (χ1n) is 9.74. The predicted octanol–water partition coefficient (Wildman–Crippen LogP) is 4.17. The van der Waals surface area contributed by atoms with E-state index in [1.807, 2.05) is 43.4 Å². The van der Waals surface area contributed by atoms with Gasteiger partial charge in [0.25, 0.3) is 11.7 Å². The number of hydrogen-bond acceptors (Lipinski definition) is 6. The molecule has 1 N–H and O–H groups in total. The minimum Gasteiger partial charge on any atom is -0.507 e. The molecule has 0 saturated carbocycles. The lowest BCUT2D eigenvalue weighted by Crippen LogP contribution is -2.32. The lowest BCUT2D eigenvalue weighted by Gasteiger charge is -2.24. The number of rotatable bonds is 8. The van der Waals surface area contributed by atoms with Crippen molar-refractivity contribution in [2.45, 2.75) is 19.4 Å². The Morgan fingerprint density at radius 3 is 2.67 bits per heavy atom.